The smallest absolute Gasteiger partial charge is 0.321 e. The van der Waals surface area contributed by atoms with Crippen molar-refractivity contribution in [3.8, 4) is 11.5 Å². The highest BCUT2D eigenvalue weighted by Crippen LogP contribution is 2.28. The Morgan fingerprint density at radius 2 is 2.06 bits per heavy atom. The minimum Gasteiger partial charge on any atom is -0.504 e. The number of nitrogens with two attached hydrogens (primary N) is 1. The Hall–Kier alpha value is -2.44. The van der Waals surface area contributed by atoms with E-state index in [1.807, 2.05) is 0 Å². The molecule has 86 valence electrons. The largest absolute Gasteiger partial charge is 0.504 e. The highest BCUT2D eigenvalue weighted by molar-refractivity contribution is 5.96. The summed E-state index contributed by atoms with van der Waals surface area (Å²) >= 11 is 0. The highest BCUT2D eigenvalue weighted by atomic mass is 16.3. The maximum atomic E-state index is 10.9. The van der Waals surface area contributed by atoms with Gasteiger partial charge in [0.15, 0.2) is 11.5 Å². The van der Waals surface area contributed by atoms with Gasteiger partial charge >= 0.3 is 6.03 Å². The van der Waals surface area contributed by atoms with Crippen molar-refractivity contribution in [1.29, 1.82) is 0 Å². The van der Waals surface area contributed by atoms with Crippen molar-refractivity contribution in [1.82, 2.24) is 10.6 Å². The van der Waals surface area contributed by atoms with E-state index in [-0.39, 0.29) is 17.5 Å². The number of carbonyl (C=O) groups is 1. The average molecular weight is 224 g/mol. The molecule has 1 rings (SSSR count). The third kappa shape index (κ3) is 3.05. The Morgan fingerprint density at radius 1 is 1.38 bits per heavy atom. The number of aliphatic imine (C=N–C) groups is 1. The molecule has 1 aromatic carbocycles. The molecule has 0 atom stereocenters. The first kappa shape index (κ1) is 11.6. The van der Waals surface area contributed by atoms with Crippen LogP contribution >= 0.6 is 0 Å². The van der Waals surface area contributed by atoms with Crippen LogP contribution in [0.1, 0.15) is 0 Å². The number of phenols is 2. The normalized spacial score (nSPS) is 10.9. The number of amides is 2. The standard InChI is InChI=1S/C9H12N4O3/c1-11-9(16)13-8(10)12-5-2-3-6(14)7(15)4-5/h2-4,14-15H,1H3,(H4,10,11,12,13,16). The van der Waals surface area contributed by atoms with Crippen LogP contribution in [-0.4, -0.2) is 29.3 Å². The van der Waals surface area contributed by atoms with Gasteiger partial charge < -0.3 is 21.3 Å². The SMILES string of the molecule is CNC(=O)NC(N)=Nc1ccc(O)c(O)c1. The Balaban J connectivity index is 2.81. The van der Waals surface area contributed by atoms with Crippen LogP contribution < -0.4 is 16.4 Å². The van der Waals surface area contributed by atoms with Crippen LogP contribution in [0, 0.1) is 0 Å². The molecule has 16 heavy (non-hydrogen) atoms. The Labute approximate surface area is 91.6 Å². The molecule has 2 amide bonds. The number of benzene rings is 1. The summed E-state index contributed by atoms with van der Waals surface area (Å²) in [6.07, 6.45) is 0. The quantitative estimate of drug-likeness (QED) is 0.261. The number of rotatable bonds is 1. The fraction of sp³-hybridized carbons (Fsp3) is 0.111. The lowest BCUT2D eigenvalue weighted by atomic mass is 10.3. The van der Waals surface area contributed by atoms with Crippen LogP contribution in [-0.2, 0) is 0 Å². The molecule has 0 spiro atoms. The molecule has 0 aliphatic heterocycles. The van der Waals surface area contributed by atoms with Crippen LogP contribution in [0.5, 0.6) is 11.5 Å². The Kier molecular flexibility index (Phi) is 3.54. The van der Waals surface area contributed by atoms with Crippen molar-refractivity contribution in [3.63, 3.8) is 0 Å². The fourth-order valence-corrected chi connectivity index (χ4v) is 0.927. The zero-order valence-electron chi connectivity index (χ0n) is 8.56. The summed E-state index contributed by atoms with van der Waals surface area (Å²) in [5.41, 5.74) is 5.71. The van der Waals surface area contributed by atoms with Gasteiger partial charge in [-0.2, -0.15) is 0 Å². The number of hydrogen-bond donors (Lipinski definition) is 5. The van der Waals surface area contributed by atoms with E-state index >= 15 is 0 Å². The van der Waals surface area contributed by atoms with Crippen LogP contribution in [0.25, 0.3) is 0 Å². The zero-order chi connectivity index (χ0) is 12.1. The second kappa shape index (κ2) is 4.87. The predicted octanol–water partition coefficient (Wildman–Crippen LogP) is -0.0270. The molecule has 7 heteroatoms. The predicted molar refractivity (Wildman–Crippen MR) is 58.6 cm³/mol. The molecule has 0 aliphatic rings. The maximum absolute atomic E-state index is 10.9. The highest BCUT2D eigenvalue weighted by Gasteiger charge is 2.02. The average Bonchev–Trinajstić information content (AvgIpc) is 2.23. The number of nitrogens with one attached hydrogen (secondary N) is 2. The van der Waals surface area contributed by atoms with E-state index in [0.29, 0.717) is 5.69 Å². The van der Waals surface area contributed by atoms with E-state index in [4.69, 9.17) is 10.8 Å². The molecule has 0 aromatic heterocycles. The number of urea groups is 1. The van der Waals surface area contributed by atoms with Gasteiger partial charge in [-0.25, -0.2) is 9.79 Å². The van der Waals surface area contributed by atoms with Crippen LogP contribution in [0.2, 0.25) is 0 Å². The minimum atomic E-state index is -0.496. The molecule has 0 fully saturated rings. The first-order valence-corrected chi connectivity index (χ1v) is 4.38. The van der Waals surface area contributed by atoms with Gasteiger partial charge in [-0.1, -0.05) is 0 Å². The molecule has 0 heterocycles. The van der Waals surface area contributed by atoms with Crippen LogP contribution in [0.3, 0.4) is 0 Å². The second-order valence-electron chi connectivity index (χ2n) is 2.87. The van der Waals surface area contributed by atoms with Crippen molar-refractivity contribution >= 4 is 17.7 Å². The van der Waals surface area contributed by atoms with E-state index in [2.05, 4.69) is 15.6 Å². The van der Waals surface area contributed by atoms with Gasteiger partial charge in [-0.15, -0.1) is 0 Å². The summed E-state index contributed by atoms with van der Waals surface area (Å²) in [7, 11) is 1.44. The Bertz CT molecular complexity index is 431. The summed E-state index contributed by atoms with van der Waals surface area (Å²) in [6, 6.07) is 3.42. The van der Waals surface area contributed by atoms with Gasteiger partial charge in [0.25, 0.3) is 0 Å². The van der Waals surface area contributed by atoms with E-state index in [9.17, 15) is 9.90 Å². The summed E-state index contributed by atoms with van der Waals surface area (Å²) < 4.78 is 0. The molecule has 0 unspecified atom stereocenters. The number of aromatic hydroxyl groups is 2. The van der Waals surface area contributed by atoms with Gasteiger partial charge in [0.05, 0.1) is 5.69 Å². The van der Waals surface area contributed by atoms with Crippen LogP contribution in [0.15, 0.2) is 23.2 Å². The summed E-state index contributed by atoms with van der Waals surface area (Å²) in [4.78, 5) is 14.7. The third-order valence-corrected chi connectivity index (χ3v) is 1.68. The van der Waals surface area contributed by atoms with Gasteiger partial charge in [-0.3, -0.25) is 5.32 Å². The Morgan fingerprint density at radius 3 is 2.62 bits per heavy atom. The molecule has 1 aromatic rings. The zero-order valence-corrected chi connectivity index (χ0v) is 8.56. The third-order valence-electron chi connectivity index (χ3n) is 1.68. The maximum Gasteiger partial charge on any atom is 0.321 e. The van der Waals surface area contributed by atoms with Gasteiger partial charge in [-0.05, 0) is 12.1 Å². The van der Waals surface area contributed by atoms with Crippen molar-refractivity contribution in [2.24, 2.45) is 10.7 Å². The number of guanidine groups is 1. The van der Waals surface area contributed by atoms with Crippen molar-refractivity contribution < 1.29 is 15.0 Å². The molecule has 0 saturated carbocycles. The van der Waals surface area contributed by atoms with E-state index in [1.165, 1.54) is 25.2 Å². The van der Waals surface area contributed by atoms with Crippen molar-refractivity contribution in [2.75, 3.05) is 7.05 Å². The molecular weight excluding hydrogens is 212 g/mol. The molecule has 0 aliphatic carbocycles. The second-order valence-corrected chi connectivity index (χ2v) is 2.87. The summed E-state index contributed by atoms with van der Waals surface area (Å²) in [5.74, 6) is -0.685. The molecule has 0 radical (unpaired) electrons. The molecule has 6 N–H and O–H groups in total. The van der Waals surface area contributed by atoms with Gasteiger partial charge in [0.1, 0.15) is 0 Å². The summed E-state index contributed by atoms with van der Waals surface area (Å²) in [5, 5.41) is 22.8. The van der Waals surface area contributed by atoms with Crippen molar-refractivity contribution in [2.45, 2.75) is 0 Å². The van der Waals surface area contributed by atoms with Gasteiger partial charge in [0.2, 0.25) is 5.96 Å². The van der Waals surface area contributed by atoms with Gasteiger partial charge in [0, 0.05) is 13.1 Å². The van der Waals surface area contributed by atoms with Crippen LogP contribution in [0.4, 0.5) is 10.5 Å². The van der Waals surface area contributed by atoms with E-state index in [1.54, 1.807) is 0 Å². The lowest BCUT2D eigenvalue weighted by Gasteiger charge is -2.03. The molecule has 0 bridgehead atoms. The van der Waals surface area contributed by atoms with E-state index < -0.39 is 6.03 Å². The number of carbonyl (C=O) groups excluding carboxylic acids is 1. The number of phenolic OH excluding ortho intramolecular Hbond substituents is 2. The summed E-state index contributed by atoms with van der Waals surface area (Å²) in [6.45, 7) is 0. The fourth-order valence-electron chi connectivity index (χ4n) is 0.927. The number of hydrogen-bond acceptors (Lipinski definition) is 4. The monoisotopic (exact) mass is 224 g/mol. The topological polar surface area (TPSA) is 120 Å². The first-order valence-electron chi connectivity index (χ1n) is 4.38. The molecular formula is C9H12N4O3. The lowest BCUT2D eigenvalue weighted by molar-refractivity contribution is 0.247. The van der Waals surface area contributed by atoms with E-state index in [0.717, 1.165) is 0 Å². The van der Waals surface area contributed by atoms with Crippen molar-refractivity contribution in [3.05, 3.63) is 18.2 Å². The first-order chi connectivity index (χ1) is 7.52. The molecule has 7 nitrogen and oxygen atoms in total. The minimum absolute atomic E-state index is 0.121. The molecule has 0 saturated heterocycles. The lowest BCUT2D eigenvalue weighted by Crippen LogP contribution is -2.41. The number of nitrogens with zero attached hydrogens (tertiary/aromatic N) is 1.